The number of nitrogen functional groups attached to an aromatic ring is 1. The number of rotatable bonds is 0. The first kappa shape index (κ1) is 9.54. The second kappa shape index (κ2) is 6.66. The van der Waals surface area contributed by atoms with Gasteiger partial charge < -0.3 is 11.5 Å². The summed E-state index contributed by atoms with van der Waals surface area (Å²) in [5, 5.41) is 0. The Balaban J connectivity index is 0.000000218. The molecular weight excluding hydrogens is 136 g/mol. The lowest BCUT2D eigenvalue weighted by atomic mass is 10.3. The Morgan fingerprint density at radius 3 is 1.91 bits per heavy atom. The molecule has 0 bridgehead atoms. The molecule has 0 saturated heterocycles. The second-order valence-corrected chi connectivity index (χ2v) is 1.82. The topological polar surface area (TPSA) is 52.0 Å². The van der Waals surface area contributed by atoms with E-state index in [-0.39, 0.29) is 0 Å². The average molecular weight is 148 g/mol. The van der Waals surface area contributed by atoms with Gasteiger partial charge in [0.2, 0.25) is 0 Å². The zero-order valence-electron chi connectivity index (χ0n) is 6.33. The maximum atomic E-state index is 5.36. The Bertz CT molecular complexity index is 211. The Hall–Kier alpha value is -1.46. The molecule has 11 heavy (non-hydrogen) atoms. The minimum atomic E-state index is 0.347. The zero-order valence-corrected chi connectivity index (χ0v) is 6.33. The predicted octanol–water partition coefficient (Wildman–Crippen LogP) is 0.847. The van der Waals surface area contributed by atoms with Crippen LogP contribution in [-0.2, 0) is 0 Å². The molecular formula is C9H12N2. The molecule has 0 amide bonds. The molecule has 0 heterocycles. The van der Waals surface area contributed by atoms with Crippen molar-refractivity contribution in [1.29, 1.82) is 0 Å². The van der Waals surface area contributed by atoms with Crippen molar-refractivity contribution >= 4 is 5.69 Å². The normalized spacial score (nSPS) is 7.27. The van der Waals surface area contributed by atoms with Gasteiger partial charge in [-0.1, -0.05) is 24.1 Å². The van der Waals surface area contributed by atoms with Crippen LogP contribution in [0.3, 0.4) is 0 Å². The molecule has 1 aromatic carbocycles. The molecule has 58 valence electrons. The second-order valence-electron chi connectivity index (χ2n) is 1.82. The number of nitrogens with two attached hydrogens (primary N) is 2. The van der Waals surface area contributed by atoms with Crippen LogP contribution in [0.15, 0.2) is 30.3 Å². The van der Waals surface area contributed by atoms with E-state index in [9.17, 15) is 0 Å². The van der Waals surface area contributed by atoms with Gasteiger partial charge in [0.25, 0.3) is 0 Å². The van der Waals surface area contributed by atoms with Gasteiger partial charge in [-0.25, -0.2) is 0 Å². The summed E-state index contributed by atoms with van der Waals surface area (Å²) >= 11 is 0. The van der Waals surface area contributed by atoms with Crippen LogP contribution in [0.1, 0.15) is 0 Å². The van der Waals surface area contributed by atoms with Gasteiger partial charge in [-0.2, -0.15) is 0 Å². The van der Waals surface area contributed by atoms with E-state index in [1.54, 1.807) is 0 Å². The smallest absolute Gasteiger partial charge is 0.0548 e. The molecule has 0 aliphatic rings. The summed E-state index contributed by atoms with van der Waals surface area (Å²) in [6, 6.07) is 9.49. The van der Waals surface area contributed by atoms with Crippen LogP contribution in [0.5, 0.6) is 0 Å². The zero-order chi connectivity index (χ0) is 8.53. The lowest BCUT2D eigenvalue weighted by molar-refractivity contribution is 1.30. The van der Waals surface area contributed by atoms with Crippen molar-refractivity contribution in [2.45, 2.75) is 0 Å². The minimum absolute atomic E-state index is 0.347. The SMILES string of the molecule is C#CCN.Nc1ccccc1. The lowest BCUT2D eigenvalue weighted by Gasteiger charge is -1.83. The molecule has 0 saturated carbocycles. The van der Waals surface area contributed by atoms with Crippen molar-refractivity contribution in [1.82, 2.24) is 0 Å². The van der Waals surface area contributed by atoms with Crippen LogP contribution in [0.4, 0.5) is 5.69 Å². The molecule has 2 heteroatoms. The van der Waals surface area contributed by atoms with E-state index in [1.165, 1.54) is 0 Å². The summed E-state index contributed by atoms with van der Waals surface area (Å²) in [6.45, 7) is 0.347. The molecule has 1 aromatic rings. The molecule has 0 aromatic heterocycles. The highest BCUT2D eigenvalue weighted by atomic mass is 14.5. The summed E-state index contributed by atoms with van der Waals surface area (Å²) in [4.78, 5) is 0. The highest BCUT2D eigenvalue weighted by molar-refractivity contribution is 5.35. The maximum absolute atomic E-state index is 5.36. The summed E-state index contributed by atoms with van der Waals surface area (Å²) in [5.41, 5.74) is 11.0. The third kappa shape index (κ3) is 6.42. The summed E-state index contributed by atoms with van der Waals surface area (Å²) in [5.74, 6) is 2.21. The quantitative estimate of drug-likeness (QED) is 0.423. The molecule has 0 atom stereocenters. The molecule has 4 N–H and O–H groups in total. The number of para-hydroxylation sites is 1. The largest absolute Gasteiger partial charge is 0.399 e. The van der Waals surface area contributed by atoms with Crippen LogP contribution < -0.4 is 11.5 Å². The molecule has 1 rings (SSSR count). The van der Waals surface area contributed by atoms with Crippen molar-refractivity contribution < 1.29 is 0 Å². The first-order valence-corrected chi connectivity index (χ1v) is 3.25. The van der Waals surface area contributed by atoms with Gasteiger partial charge >= 0.3 is 0 Å². The Kier molecular flexibility index (Phi) is 5.77. The monoisotopic (exact) mass is 148 g/mol. The first-order valence-electron chi connectivity index (χ1n) is 3.25. The number of hydrogen-bond acceptors (Lipinski definition) is 2. The van der Waals surface area contributed by atoms with Gasteiger partial charge in [0, 0.05) is 5.69 Å². The third-order valence-corrected chi connectivity index (χ3v) is 0.917. The molecule has 0 radical (unpaired) electrons. The molecule has 0 unspecified atom stereocenters. The molecule has 0 spiro atoms. The van der Waals surface area contributed by atoms with Crippen LogP contribution >= 0.6 is 0 Å². The van der Waals surface area contributed by atoms with Crippen molar-refractivity contribution in [2.24, 2.45) is 5.73 Å². The van der Waals surface area contributed by atoms with E-state index in [0.717, 1.165) is 5.69 Å². The first-order chi connectivity index (χ1) is 5.31. The van der Waals surface area contributed by atoms with Crippen LogP contribution in [0.2, 0.25) is 0 Å². The lowest BCUT2D eigenvalue weighted by Crippen LogP contribution is -1.91. The Morgan fingerprint density at radius 2 is 1.73 bits per heavy atom. The Labute approximate surface area is 67.2 Å². The number of terminal acetylenes is 1. The third-order valence-electron chi connectivity index (χ3n) is 0.917. The van der Waals surface area contributed by atoms with E-state index in [2.05, 4.69) is 12.3 Å². The standard InChI is InChI=1S/C6H7N.C3H5N/c7-6-4-2-1-3-5-6;1-2-3-4/h1-5H,7H2;1H,3-4H2. The molecule has 0 aliphatic heterocycles. The number of anilines is 1. The predicted molar refractivity (Wildman–Crippen MR) is 48.7 cm³/mol. The van der Waals surface area contributed by atoms with Crippen LogP contribution in [-0.4, -0.2) is 6.54 Å². The summed E-state index contributed by atoms with van der Waals surface area (Å²) in [6.07, 6.45) is 4.65. The fourth-order valence-electron chi connectivity index (χ4n) is 0.453. The van der Waals surface area contributed by atoms with Gasteiger partial charge in [0.1, 0.15) is 0 Å². The van der Waals surface area contributed by atoms with Gasteiger partial charge in [0.15, 0.2) is 0 Å². The van der Waals surface area contributed by atoms with Gasteiger partial charge in [-0.05, 0) is 12.1 Å². The summed E-state index contributed by atoms with van der Waals surface area (Å²) < 4.78 is 0. The van der Waals surface area contributed by atoms with Crippen molar-refractivity contribution in [2.75, 3.05) is 12.3 Å². The maximum Gasteiger partial charge on any atom is 0.0548 e. The number of benzene rings is 1. The van der Waals surface area contributed by atoms with Gasteiger partial charge in [-0.3, -0.25) is 0 Å². The number of hydrogen-bond donors (Lipinski definition) is 2. The molecule has 0 aliphatic carbocycles. The summed E-state index contributed by atoms with van der Waals surface area (Å²) in [7, 11) is 0. The van der Waals surface area contributed by atoms with Crippen molar-refractivity contribution in [3.8, 4) is 12.3 Å². The van der Waals surface area contributed by atoms with E-state index >= 15 is 0 Å². The fourth-order valence-corrected chi connectivity index (χ4v) is 0.453. The van der Waals surface area contributed by atoms with Gasteiger partial charge in [0.05, 0.1) is 6.54 Å². The fraction of sp³-hybridized carbons (Fsp3) is 0.111. The van der Waals surface area contributed by atoms with Crippen LogP contribution in [0, 0.1) is 12.3 Å². The minimum Gasteiger partial charge on any atom is -0.399 e. The van der Waals surface area contributed by atoms with E-state index < -0.39 is 0 Å². The molecule has 0 fully saturated rings. The highest BCUT2D eigenvalue weighted by Gasteiger charge is 1.72. The average Bonchev–Trinajstić information content (AvgIpc) is 2.07. The van der Waals surface area contributed by atoms with Crippen molar-refractivity contribution in [3.63, 3.8) is 0 Å². The molecule has 2 nitrogen and oxygen atoms in total. The van der Waals surface area contributed by atoms with Gasteiger partial charge in [-0.15, -0.1) is 6.42 Å². The van der Waals surface area contributed by atoms with E-state index in [4.69, 9.17) is 11.5 Å². The Morgan fingerprint density at radius 1 is 1.27 bits per heavy atom. The highest BCUT2D eigenvalue weighted by Crippen LogP contribution is 1.95. The van der Waals surface area contributed by atoms with E-state index in [0.29, 0.717) is 6.54 Å². The van der Waals surface area contributed by atoms with Crippen molar-refractivity contribution in [3.05, 3.63) is 30.3 Å². The van der Waals surface area contributed by atoms with Crippen LogP contribution in [0.25, 0.3) is 0 Å². The van der Waals surface area contributed by atoms with E-state index in [1.807, 2.05) is 30.3 Å².